The van der Waals surface area contributed by atoms with E-state index in [1.165, 1.54) is 11.8 Å². The molecule has 19 heavy (non-hydrogen) atoms. The summed E-state index contributed by atoms with van der Waals surface area (Å²) in [5, 5.41) is 9.10. The third kappa shape index (κ3) is 3.48. The minimum Gasteiger partial charge on any atom is -0.481 e. The van der Waals surface area contributed by atoms with Gasteiger partial charge in [-0.3, -0.25) is 0 Å². The van der Waals surface area contributed by atoms with E-state index in [4.69, 9.17) is 9.84 Å². The molecule has 98 valence electrons. The van der Waals surface area contributed by atoms with Gasteiger partial charge in [-0.15, -0.1) is 11.8 Å². The molecule has 0 unspecified atom stereocenters. The van der Waals surface area contributed by atoms with E-state index in [1.54, 1.807) is 25.4 Å². The molecule has 4 nitrogen and oxygen atoms in total. The van der Waals surface area contributed by atoms with Crippen molar-refractivity contribution in [2.24, 2.45) is 0 Å². The molecular weight excluding hydrogens is 262 g/mol. The van der Waals surface area contributed by atoms with E-state index >= 15 is 0 Å². The van der Waals surface area contributed by atoms with Gasteiger partial charge < -0.3 is 9.84 Å². The predicted molar refractivity (Wildman–Crippen MR) is 73.8 cm³/mol. The monoisotopic (exact) mass is 275 g/mol. The first kappa shape index (κ1) is 13.4. The van der Waals surface area contributed by atoms with Gasteiger partial charge in [0.05, 0.1) is 12.7 Å². The minimum absolute atomic E-state index is 0.327. The van der Waals surface area contributed by atoms with Gasteiger partial charge in [0.25, 0.3) is 0 Å². The summed E-state index contributed by atoms with van der Waals surface area (Å²) in [5.41, 5.74) is 1.37. The topological polar surface area (TPSA) is 59.4 Å². The largest absolute Gasteiger partial charge is 0.481 e. The molecular formula is C14H13NO3S. The standard InChI is InChI=1S/C14H13NO3S/c1-18-13-8-10(6-7-15-13)9-19-12-5-3-2-4-11(12)14(16)17/h2-8H,9H2,1H3,(H,16,17). The zero-order chi connectivity index (χ0) is 13.7. The van der Waals surface area contributed by atoms with Crippen LogP contribution in [0.1, 0.15) is 15.9 Å². The second kappa shape index (κ2) is 6.24. The Morgan fingerprint density at radius 3 is 2.89 bits per heavy atom. The maximum atomic E-state index is 11.1. The van der Waals surface area contributed by atoms with Gasteiger partial charge in [-0.2, -0.15) is 0 Å². The Morgan fingerprint density at radius 2 is 2.16 bits per heavy atom. The van der Waals surface area contributed by atoms with Crippen molar-refractivity contribution in [2.45, 2.75) is 10.6 Å². The third-order valence-corrected chi connectivity index (χ3v) is 3.66. The number of carbonyl (C=O) groups is 1. The molecule has 0 saturated heterocycles. The number of nitrogens with zero attached hydrogens (tertiary/aromatic N) is 1. The molecule has 0 bridgehead atoms. The lowest BCUT2D eigenvalue weighted by Crippen LogP contribution is -1.98. The van der Waals surface area contributed by atoms with E-state index < -0.39 is 5.97 Å². The van der Waals surface area contributed by atoms with E-state index in [0.717, 1.165) is 10.5 Å². The van der Waals surface area contributed by atoms with Crippen molar-refractivity contribution in [3.8, 4) is 5.88 Å². The Hall–Kier alpha value is -2.01. The lowest BCUT2D eigenvalue weighted by Gasteiger charge is -2.06. The van der Waals surface area contributed by atoms with Crippen LogP contribution in [0.25, 0.3) is 0 Å². The van der Waals surface area contributed by atoms with Crippen LogP contribution < -0.4 is 4.74 Å². The second-order valence-corrected chi connectivity index (χ2v) is 4.81. The van der Waals surface area contributed by atoms with E-state index in [1.807, 2.05) is 24.3 Å². The van der Waals surface area contributed by atoms with Gasteiger partial charge in [0.1, 0.15) is 0 Å². The molecule has 1 heterocycles. The second-order valence-electron chi connectivity index (χ2n) is 3.80. The van der Waals surface area contributed by atoms with Crippen LogP contribution in [0.5, 0.6) is 5.88 Å². The lowest BCUT2D eigenvalue weighted by molar-refractivity contribution is 0.0693. The maximum absolute atomic E-state index is 11.1. The van der Waals surface area contributed by atoms with Crippen LogP contribution in [0.4, 0.5) is 0 Å². The van der Waals surface area contributed by atoms with Crippen molar-refractivity contribution in [2.75, 3.05) is 7.11 Å². The Balaban J connectivity index is 2.12. The summed E-state index contributed by atoms with van der Waals surface area (Å²) < 4.78 is 5.05. The molecule has 1 N–H and O–H groups in total. The fourth-order valence-electron chi connectivity index (χ4n) is 1.58. The summed E-state index contributed by atoms with van der Waals surface area (Å²) in [6, 6.07) is 10.7. The van der Waals surface area contributed by atoms with Gasteiger partial charge in [-0.05, 0) is 23.8 Å². The van der Waals surface area contributed by atoms with Crippen molar-refractivity contribution in [1.29, 1.82) is 0 Å². The molecule has 0 radical (unpaired) electrons. The Bertz CT molecular complexity index is 586. The number of thioether (sulfide) groups is 1. The van der Waals surface area contributed by atoms with Crippen LogP contribution in [0.2, 0.25) is 0 Å². The highest BCUT2D eigenvalue weighted by Crippen LogP contribution is 2.26. The summed E-state index contributed by atoms with van der Waals surface area (Å²) in [6.07, 6.45) is 1.68. The van der Waals surface area contributed by atoms with E-state index in [2.05, 4.69) is 4.98 Å². The number of methoxy groups -OCH3 is 1. The van der Waals surface area contributed by atoms with Crippen molar-refractivity contribution >= 4 is 17.7 Å². The van der Waals surface area contributed by atoms with Gasteiger partial charge >= 0.3 is 5.97 Å². The van der Waals surface area contributed by atoms with E-state index in [0.29, 0.717) is 17.2 Å². The van der Waals surface area contributed by atoms with Gasteiger partial charge in [0.2, 0.25) is 5.88 Å². The Morgan fingerprint density at radius 1 is 1.37 bits per heavy atom. The summed E-state index contributed by atoms with van der Waals surface area (Å²) in [6.45, 7) is 0. The van der Waals surface area contributed by atoms with Crippen molar-refractivity contribution in [1.82, 2.24) is 4.98 Å². The molecule has 1 aromatic carbocycles. The number of rotatable bonds is 5. The molecule has 2 aromatic rings. The van der Waals surface area contributed by atoms with Crippen molar-refractivity contribution < 1.29 is 14.6 Å². The van der Waals surface area contributed by atoms with Crippen LogP contribution in [-0.2, 0) is 5.75 Å². The van der Waals surface area contributed by atoms with Gasteiger partial charge in [0, 0.05) is 22.9 Å². The predicted octanol–water partition coefficient (Wildman–Crippen LogP) is 3.08. The quantitative estimate of drug-likeness (QED) is 0.850. The molecule has 0 saturated carbocycles. The van der Waals surface area contributed by atoms with Gasteiger partial charge in [0.15, 0.2) is 0 Å². The number of carboxylic acid groups (broad SMARTS) is 1. The van der Waals surface area contributed by atoms with Crippen LogP contribution >= 0.6 is 11.8 Å². The molecule has 0 amide bonds. The number of aromatic carboxylic acids is 1. The maximum Gasteiger partial charge on any atom is 0.336 e. The zero-order valence-electron chi connectivity index (χ0n) is 10.4. The van der Waals surface area contributed by atoms with E-state index in [9.17, 15) is 4.79 Å². The first-order chi connectivity index (χ1) is 9.20. The highest BCUT2D eigenvalue weighted by Gasteiger charge is 2.09. The van der Waals surface area contributed by atoms with Crippen LogP contribution in [0.3, 0.4) is 0 Å². The Kier molecular flexibility index (Phi) is 4.41. The van der Waals surface area contributed by atoms with Crippen LogP contribution in [0.15, 0.2) is 47.5 Å². The third-order valence-electron chi connectivity index (χ3n) is 2.52. The molecule has 5 heteroatoms. The van der Waals surface area contributed by atoms with Crippen LogP contribution in [0, 0.1) is 0 Å². The molecule has 0 aliphatic heterocycles. The first-order valence-corrected chi connectivity index (χ1v) is 6.63. The molecule has 0 aliphatic carbocycles. The minimum atomic E-state index is -0.907. The molecule has 1 aromatic heterocycles. The molecule has 0 spiro atoms. The fraction of sp³-hybridized carbons (Fsp3) is 0.143. The summed E-state index contributed by atoms with van der Waals surface area (Å²) in [7, 11) is 1.57. The molecule has 0 atom stereocenters. The van der Waals surface area contributed by atoms with Crippen LogP contribution in [-0.4, -0.2) is 23.2 Å². The number of pyridine rings is 1. The summed E-state index contributed by atoms with van der Waals surface area (Å²) >= 11 is 1.48. The first-order valence-electron chi connectivity index (χ1n) is 5.64. The fourth-order valence-corrected chi connectivity index (χ4v) is 2.57. The smallest absolute Gasteiger partial charge is 0.336 e. The Labute approximate surface area is 115 Å². The number of carboxylic acids is 1. The highest BCUT2D eigenvalue weighted by atomic mass is 32.2. The molecule has 0 aliphatic rings. The van der Waals surface area contributed by atoms with Gasteiger partial charge in [-0.25, -0.2) is 9.78 Å². The number of aromatic nitrogens is 1. The van der Waals surface area contributed by atoms with E-state index in [-0.39, 0.29) is 0 Å². The SMILES string of the molecule is COc1cc(CSc2ccccc2C(=O)O)ccn1. The number of hydrogen-bond acceptors (Lipinski definition) is 4. The number of ether oxygens (including phenoxy) is 1. The van der Waals surface area contributed by atoms with Crippen molar-refractivity contribution in [3.05, 3.63) is 53.7 Å². The van der Waals surface area contributed by atoms with Gasteiger partial charge in [-0.1, -0.05) is 12.1 Å². The summed E-state index contributed by atoms with van der Waals surface area (Å²) in [5.74, 6) is 0.323. The lowest BCUT2D eigenvalue weighted by atomic mass is 10.2. The summed E-state index contributed by atoms with van der Waals surface area (Å²) in [4.78, 5) is 15.9. The normalized spacial score (nSPS) is 10.2. The average molecular weight is 275 g/mol. The molecule has 0 fully saturated rings. The van der Waals surface area contributed by atoms with Crippen molar-refractivity contribution in [3.63, 3.8) is 0 Å². The number of hydrogen-bond donors (Lipinski definition) is 1. The number of benzene rings is 1. The molecule has 2 rings (SSSR count). The highest BCUT2D eigenvalue weighted by molar-refractivity contribution is 7.98. The average Bonchev–Trinajstić information content (AvgIpc) is 2.45. The zero-order valence-corrected chi connectivity index (χ0v) is 11.2.